The molecule has 35 heavy (non-hydrogen) atoms. The first-order chi connectivity index (χ1) is 16.6. The van der Waals surface area contributed by atoms with Crippen LogP contribution < -0.4 is 0 Å². The van der Waals surface area contributed by atoms with Crippen molar-refractivity contribution in [3.63, 3.8) is 0 Å². The van der Waals surface area contributed by atoms with Gasteiger partial charge in [-0.15, -0.1) is 0 Å². The third-order valence-corrected chi connectivity index (χ3v) is 9.61. The molecule has 0 bridgehead atoms. The van der Waals surface area contributed by atoms with E-state index >= 15 is 0 Å². The summed E-state index contributed by atoms with van der Waals surface area (Å²) in [6.07, 6.45) is 6.14. The third kappa shape index (κ3) is 4.67. The molecule has 196 valence electrons. The molecule has 4 fully saturated rings. The van der Waals surface area contributed by atoms with Crippen LogP contribution in [-0.2, 0) is 10.3 Å². The van der Waals surface area contributed by atoms with Crippen LogP contribution in [0.25, 0.3) is 0 Å². The van der Waals surface area contributed by atoms with Crippen molar-refractivity contribution in [3.05, 3.63) is 35.6 Å². The van der Waals surface area contributed by atoms with E-state index in [0.29, 0.717) is 45.7 Å². The summed E-state index contributed by atoms with van der Waals surface area (Å²) in [5.74, 6) is -0.218. The second-order valence-electron chi connectivity index (χ2n) is 12.0. The van der Waals surface area contributed by atoms with E-state index in [0.717, 1.165) is 50.5 Å². The van der Waals surface area contributed by atoms with Gasteiger partial charge in [0, 0.05) is 56.8 Å². The third-order valence-electron chi connectivity index (χ3n) is 9.61. The number of aliphatic hydroxyl groups excluding tert-OH is 1. The molecule has 1 aromatic carbocycles. The van der Waals surface area contributed by atoms with E-state index in [1.165, 1.54) is 6.07 Å². The Labute approximate surface area is 208 Å². The molecule has 0 amide bonds. The predicted molar refractivity (Wildman–Crippen MR) is 131 cm³/mol. The average Bonchev–Trinajstić information content (AvgIpc) is 3.04. The zero-order chi connectivity index (χ0) is 24.9. The van der Waals surface area contributed by atoms with Gasteiger partial charge in [0.25, 0.3) is 0 Å². The number of nitrogens with zero attached hydrogens (tertiary/aromatic N) is 3. The van der Waals surface area contributed by atoms with Crippen molar-refractivity contribution >= 4 is 0 Å². The summed E-state index contributed by atoms with van der Waals surface area (Å²) in [4.78, 5) is 6.35. The minimum atomic E-state index is -0.868. The summed E-state index contributed by atoms with van der Waals surface area (Å²) in [5.41, 5.74) is -1.19. The van der Waals surface area contributed by atoms with E-state index in [2.05, 4.69) is 23.9 Å². The van der Waals surface area contributed by atoms with Crippen LogP contribution >= 0.6 is 0 Å². The normalized spacial score (nSPS) is 35.5. The molecule has 2 saturated carbocycles. The van der Waals surface area contributed by atoms with Gasteiger partial charge in [-0.1, -0.05) is 12.1 Å². The van der Waals surface area contributed by atoms with E-state index in [9.17, 15) is 19.7 Å². The second kappa shape index (κ2) is 9.31. The van der Waals surface area contributed by atoms with E-state index in [-0.39, 0.29) is 16.9 Å². The van der Waals surface area contributed by atoms with E-state index in [4.69, 9.17) is 4.74 Å². The lowest BCUT2D eigenvalue weighted by molar-refractivity contribution is -0.156. The number of rotatable bonds is 6. The van der Waals surface area contributed by atoms with Crippen LogP contribution in [0.15, 0.2) is 24.3 Å². The number of halogens is 1. The Morgan fingerprint density at radius 2 is 1.63 bits per heavy atom. The van der Waals surface area contributed by atoms with Crippen molar-refractivity contribution in [1.82, 2.24) is 14.7 Å². The standard InChI is InChI=1S/C27H42FN3O4/c1-29(2)27(21-5-3-6-22(28)17-21)11-9-24(10-12-27)18-30(19-26(34)13-15-35-16-14-26)23(32)31(24)20-25(33)7-4-8-25/h3,5-6,17,23,32-34H,4,7-16,18-20H2,1-2H3. The molecule has 7 nitrogen and oxygen atoms in total. The molecular formula is C27H42FN3O4. The van der Waals surface area contributed by atoms with Crippen LogP contribution in [0.1, 0.15) is 63.4 Å². The maximum Gasteiger partial charge on any atom is 0.166 e. The van der Waals surface area contributed by atoms with Crippen LogP contribution in [0.3, 0.4) is 0 Å². The first-order valence-electron chi connectivity index (χ1n) is 13.2. The lowest BCUT2D eigenvalue weighted by atomic mass is 9.67. The number of aliphatic hydroxyl groups is 3. The van der Waals surface area contributed by atoms with Crippen LogP contribution in [0, 0.1) is 5.82 Å². The predicted octanol–water partition coefficient (Wildman–Crippen LogP) is 2.25. The van der Waals surface area contributed by atoms with Crippen LogP contribution in [0.4, 0.5) is 4.39 Å². The zero-order valence-electron chi connectivity index (χ0n) is 21.3. The van der Waals surface area contributed by atoms with Crippen molar-refractivity contribution in [2.24, 2.45) is 0 Å². The first kappa shape index (κ1) is 25.5. The molecule has 0 aromatic heterocycles. The Morgan fingerprint density at radius 3 is 2.20 bits per heavy atom. The topological polar surface area (TPSA) is 79.6 Å². The van der Waals surface area contributed by atoms with E-state index < -0.39 is 17.6 Å². The Balaban J connectivity index is 1.40. The lowest BCUT2D eigenvalue weighted by Crippen LogP contribution is -2.60. The fourth-order valence-electron chi connectivity index (χ4n) is 7.07. The van der Waals surface area contributed by atoms with Gasteiger partial charge in [-0.2, -0.15) is 0 Å². The van der Waals surface area contributed by atoms with Gasteiger partial charge in [-0.05, 0) is 76.7 Å². The molecule has 1 aromatic rings. The average molecular weight is 492 g/mol. The highest BCUT2D eigenvalue weighted by Crippen LogP contribution is 2.51. The summed E-state index contributed by atoms with van der Waals surface area (Å²) >= 11 is 0. The van der Waals surface area contributed by atoms with Gasteiger partial charge >= 0.3 is 0 Å². The fourth-order valence-corrected chi connectivity index (χ4v) is 7.07. The van der Waals surface area contributed by atoms with E-state index in [1.807, 2.05) is 11.0 Å². The monoisotopic (exact) mass is 491 g/mol. The minimum Gasteiger partial charge on any atom is -0.389 e. The number of hydrogen-bond acceptors (Lipinski definition) is 7. The second-order valence-corrected chi connectivity index (χ2v) is 12.0. The molecule has 1 atom stereocenters. The Morgan fingerprint density at radius 1 is 0.971 bits per heavy atom. The Hall–Kier alpha value is -1.13. The van der Waals surface area contributed by atoms with Gasteiger partial charge in [0.2, 0.25) is 0 Å². The summed E-state index contributed by atoms with van der Waals surface area (Å²) in [6.45, 7) is 2.57. The summed E-state index contributed by atoms with van der Waals surface area (Å²) in [7, 11) is 4.13. The molecule has 1 spiro atoms. The van der Waals surface area contributed by atoms with Gasteiger partial charge in [0.15, 0.2) is 6.35 Å². The Bertz CT molecular complexity index is 894. The number of hydrogen-bond donors (Lipinski definition) is 3. The minimum absolute atomic E-state index is 0.218. The summed E-state index contributed by atoms with van der Waals surface area (Å²) in [6, 6.07) is 6.95. The van der Waals surface area contributed by atoms with E-state index in [1.54, 1.807) is 12.1 Å². The summed E-state index contributed by atoms with van der Waals surface area (Å²) in [5, 5.41) is 33.8. The molecule has 1 unspecified atom stereocenters. The maximum atomic E-state index is 14.2. The van der Waals surface area contributed by atoms with Gasteiger partial charge in [-0.3, -0.25) is 14.7 Å². The highest BCUT2D eigenvalue weighted by atomic mass is 19.1. The largest absolute Gasteiger partial charge is 0.389 e. The van der Waals surface area contributed by atoms with Crippen LogP contribution in [0.2, 0.25) is 0 Å². The molecule has 5 rings (SSSR count). The number of ether oxygens (including phenoxy) is 1. The molecule has 2 aliphatic carbocycles. The van der Waals surface area contributed by atoms with Gasteiger partial charge in [0.05, 0.1) is 11.2 Å². The van der Waals surface area contributed by atoms with Crippen molar-refractivity contribution in [3.8, 4) is 0 Å². The number of benzene rings is 1. The molecule has 3 N–H and O–H groups in total. The smallest absolute Gasteiger partial charge is 0.166 e. The van der Waals surface area contributed by atoms with Gasteiger partial charge in [-0.25, -0.2) is 4.39 Å². The molecule has 4 aliphatic rings. The number of β-amino-alcohol motifs (C(OH)–C–C–N with tert-alkyl or cyclic N) is 2. The van der Waals surface area contributed by atoms with Crippen LogP contribution in [-0.4, -0.2) is 100 Å². The van der Waals surface area contributed by atoms with Crippen molar-refractivity contribution < 1.29 is 24.4 Å². The highest BCUT2D eigenvalue weighted by Gasteiger charge is 2.57. The molecule has 0 radical (unpaired) electrons. The van der Waals surface area contributed by atoms with Gasteiger partial charge < -0.3 is 20.1 Å². The SMILES string of the molecule is CN(C)C1(c2cccc(F)c2)CCC2(CC1)CN(CC1(O)CCOCC1)C(O)N2CC1(O)CCC1. The quantitative estimate of drug-likeness (QED) is 0.563. The molecular weight excluding hydrogens is 449 g/mol. The van der Waals surface area contributed by atoms with Crippen LogP contribution in [0.5, 0.6) is 0 Å². The zero-order valence-corrected chi connectivity index (χ0v) is 21.3. The van der Waals surface area contributed by atoms with Crippen molar-refractivity contribution in [2.75, 3.05) is 46.9 Å². The molecule has 2 heterocycles. The van der Waals surface area contributed by atoms with Gasteiger partial charge in [0.1, 0.15) is 5.82 Å². The van der Waals surface area contributed by atoms with Crippen molar-refractivity contribution in [2.45, 2.75) is 86.4 Å². The fraction of sp³-hybridized carbons (Fsp3) is 0.778. The first-order valence-corrected chi connectivity index (χ1v) is 13.2. The molecule has 8 heteroatoms. The van der Waals surface area contributed by atoms with Crippen molar-refractivity contribution in [1.29, 1.82) is 0 Å². The maximum absolute atomic E-state index is 14.2. The molecule has 2 aliphatic heterocycles. The molecule has 2 saturated heterocycles. The lowest BCUT2D eigenvalue weighted by Gasteiger charge is -2.53. The highest BCUT2D eigenvalue weighted by molar-refractivity contribution is 5.27. The summed E-state index contributed by atoms with van der Waals surface area (Å²) < 4.78 is 19.6. The Kier molecular flexibility index (Phi) is 6.79.